The third kappa shape index (κ3) is 6.48. The van der Waals surface area contributed by atoms with Crippen LogP contribution in [0.15, 0.2) is 53.6 Å². The van der Waals surface area contributed by atoms with Crippen LogP contribution in [0.1, 0.15) is 12.5 Å². The van der Waals surface area contributed by atoms with E-state index in [1.165, 1.54) is 24.3 Å². The third-order valence-electron chi connectivity index (χ3n) is 3.11. The SMILES string of the molecule is CCNC(=S)N/N=C\c1ccccc1OCC(=O)Nc1ccc(F)cc1. The number of benzene rings is 2. The molecular formula is C18H19FN4O2S. The molecule has 136 valence electrons. The number of hydrazone groups is 1. The smallest absolute Gasteiger partial charge is 0.262 e. The van der Waals surface area contributed by atoms with E-state index in [0.717, 1.165) is 0 Å². The topological polar surface area (TPSA) is 74.8 Å². The fraction of sp³-hybridized carbons (Fsp3) is 0.167. The summed E-state index contributed by atoms with van der Waals surface area (Å²) in [4.78, 5) is 12.0. The monoisotopic (exact) mass is 374 g/mol. The summed E-state index contributed by atoms with van der Waals surface area (Å²) in [6, 6.07) is 12.7. The van der Waals surface area contributed by atoms with Crippen LogP contribution in [0.2, 0.25) is 0 Å². The lowest BCUT2D eigenvalue weighted by Crippen LogP contribution is -2.31. The Hall–Kier alpha value is -3.00. The van der Waals surface area contributed by atoms with Crippen LogP contribution in [-0.2, 0) is 4.79 Å². The molecule has 8 heteroatoms. The standard InChI is InChI=1S/C18H19FN4O2S/c1-2-20-18(26)23-21-11-13-5-3-4-6-16(13)25-12-17(24)22-15-9-7-14(19)8-10-15/h3-11H,2,12H2,1H3,(H,22,24)(H2,20,23,26)/b21-11-. The van der Waals surface area contributed by atoms with Gasteiger partial charge in [0.1, 0.15) is 11.6 Å². The molecule has 0 aliphatic heterocycles. The second kappa shape index (κ2) is 10.1. The van der Waals surface area contributed by atoms with Gasteiger partial charge in [-0.15, -0.1) is 0 Å². The first-order valence-corrected chi connectivity index (χ1v) is 8.33. The van der Waals surface area contributed by atoms with Crippen LogP contribution >= 0.6 is 12.2 Å². The van der Waals surface area contributed by atoms with Crippen molar-refractivity contribution in [2.45, 2.75) is 6.92 Å². The molecule has 0 fully saturated rings. The summed E-state index contributed by atoms with van der Waals surface area (Å²) >= 11 is 5.01. The van der Waals surface area contributed by atoms with E-state index in [-0.39, 0.29) is 18.3 Å². The highest BCUT2D eigenvalue weighted by atomic mass is 32.1. The third-order valence-corrected chi connectivity index (χ3v) is 3.35. The zero-order valence-electron chi connectivity index (χ0n) is 14.2. The summed E-state index contributed by atoms with van der Waals surface area (Å²) < 4.78 is 18.4. The minimum atomic E-state index is -0.366. The van der Waals surface area contributed by atoms with Gasteiger partial charge in [-0.25, -0.2) is 4.39 Å². The van der Waals surface area contributed by atoms with Crippen molar-refractivity contribution in [1.82, 2.24) is 10.7 Å². The number of halogens is 1. The Kier molecular flexibility index (Phi) is 7.50. The molecule has 3 N–H and O–H groups in total. The molecule has 2 rings (SSSR count). The summed E-state index contributed by atoms with van der Waals surface area (Å²) in [6.07, 6.45) is 1.55. The number of hydrogen-bond acceptors (Lipinski definition) is 4. The Balaban J connectivity index is 1.90. The first kappa shape index (κ1) is 19.3. The molecule has 0 heterocycles. The molecule has 0 saturated carbocycles. The van der Waals surface area contributed by atoms with Crippen molar-refractivity contribution in [3.63, 3.8) is 0 Å². The molecule has 0 aromatic heterocycles. The molecule has 2 aromatic carbocycles. The lowest BCUT2D eigenvalue weighted by molar-refractivity contribution is -0.118. The summed E-state index contributed by atoms with van der Waals surface area (Å²) in [6.45, 7) is 2.44. The Bertz CT molecular complexity index is 781. The van der Waals surface area contributed by atoms with E-state index in [2.05, 4.69) is 21.2 Å². The van der Waals surface area contributed by atoms with Crippen LogP contribution in [-0.4, -0.2) is 30.4 Å². The Morgan fingerprint density at radius 2 is 1.96 bits per heavy atom. The fourth-order valence-electron chi connectivity index (χ4n) is 1.95. The fourth-order valence-corrected chi connectivity index (χ4v) is 2.15. The van der Waals surface area contributed by atoms with Gasteiger partial charge in [-0.2, -0.15) is 5.10 Å². The number of hydrogen-bond donors (Lipinski definition) is 3. The van der Waals surface area contributed by atoms with Crippen LogP contribution in [0.3, 0.4) is 0 Å². The molecule has 1 amide bonds. The Labute approximate surface area is 156 Å². The largest absolute Gasteiger partial charge is 0.483 e. The molecule has 2 aromatic rings. The van der Waals surface area contributed by atoms with E-state index in [0.29, 0.717) is 28.7 Å². The Morgan fingerprint density at radius 3 is 2.69 bits per heavy atom. The van der Waals surface area contributed by atoms with E-state index < -0.39 is 0 Å². The highest BCUT2D eigenvalue weighted by Crippen LogP contribution is 2.16. The number of thiocarbonyl (C=S) groups is 1. The van der Waals surface area contributed by atoms with Gasteiger partial charge < -0.3 is 15.4 Å². The van der Waals surface area contributed by atoms with Crippen LogP contribution in [0.25, 0.3) is 0 Å². The molecular weight excluding hydrogens is 355 g/mol. The van der Waals surface area contributed by atoms with Gasteiger partial charge in [0.05, 0.1) is 6.21 Å². The molecule has 0 aliphatic carbocycles. The molecule has 0 radical (unpaired) electrons. The van der Waals surface area contributed by atoms with Gasteiger partial charge in [0.15, 0.2) is 11.7 Å². The zero-order chi connectivity index (χ0) is 18.8. The van der Waals surface area contributed by atoms with Crippen molar-refractivity contribution in [2.75, 3.05) is 18.5 Å². The highest BCUT2D eigenvalue weighted by Gasteiger charge is 2.06. The van der Waals surface area contributed by atoms with Crippen molar-refractivity contribution in [1.29, 1.82) is 0 Å². The lowest BCUT2D eigenvalue weighted by atomic mass is 10.2. The van der Waals surface area contributed by atoms with Crippen LogP contribution in [0.5, 0.6) is 5.75 Å². The van der Waals surface area contributed by atoms with Crippen molar-refractivity contribution >= 4 is 35.1 Å². The summed E-state index contributed by atoms with van der Waals surface area (Å²) in [5.74, 6) is -0.217. The molecule has 0 bridgehead atoms. The summed E-state index contributed by atoms with van der Waals surface area (Å²) in [5, 5.41) is 9.99. The van der Waals surface area contributed by atoms with Gasteiger partial charge in [-0.05, 0) is 55.5 Å². The van der Waals surface area contributed by atoms with Crippen molar-refractivity contribution < 1.29 is 13.9 Å². The normalized spacial score (nSPS) is 10.4. The van der Waals surface area contributed by atoms with Crippen molar-refractivity contribution in [2.24, 2.45) is 5.10 Å². The van der Waals surface area contributed by atoms with Crippen LogP contribution < -0.4 is 20.8 Å². The average Bonchev–Trinajstić information content (AvgIpc) is 2.63. The van der Waals surface area contributed by atoms with Gasteiger partial charge in [0, 0.05) is 17.8 Å². The maximum absolute atomic E-state index is 12.9. The highest BCUT2D eigenvalue weighted by molar-refractivity contribution is 7.80. The molecule has 0 unspecified atom stereocenters. The quantitative estimate of drug-likeness (QED) is 0.395. The first-order chi connectivity index (χ1) is 12.6. The van der Waals surface area contributed by atoms with Crippen LogP contribution in [0, 0.1) is 5.82 Å². The summed E-state index contributed by atoms with van der Waals surface area (Å²) in [5.41, 5.74) is 3.87. The number of ether oxygens (including phenoxy) is 1. The number of amides is 1. The minimum absolute atomic E-state index is 0.189. The predicted molar refractivity (Wildman–Crippen MR) is 104 cm³/mol. The summed E-state index contributed by atoms with van der Waals surface area (Å²) in [7, 11) is 0. The van der Waals surface area contributed by atoms with E-state index in [9.17, 15) is 9.18 Å². The number of carbonyl (C=O) groups excluding carboxylic acids is 1. The predicted octanol–water partition coefficient (Wildman–Crippen LogP) is 2.66. The van der Waals surface area contributed by atoms with E-state index in [4.69, 9.17) is 17.0 Å². The second-order valence-corrected chi connectivity index (χ2v) is 5.52. The zero-order valence-corrected chi connectivity index (χ0v) is 15.0. The van der Waals surface area contributed by atoms with E-state index in [1.54, 1.807) is 24.4 Å². The molecule has 0 spiro atoms. The van der Waals surface area contributed by atoms with Gasteiger partial charge in [-0.1, -0.05) is 12.1 Å². The maximum Gasteiger partial charge on any atom is 0.262 e. The van der Waals surface area contributed by atoms with Gasteiger partial charge in [0.25, 0.3) is 5.91 Å². The van der Waals surface area contributed by atoms with E-state index in [1.807, 2.05) is 13.0 Å². The lowest BCUT2D eigenvalue weighted by Gasteiger charge is -2.10. The minimum Gasteiger partial charge on any atom is -0.483 e. The van der Waals surface area contributed by atoms with Crippen molar-refractivity contribution in [3.05, 3.63) is 59.9 Å². The molecule has 0 saturated heterocycles. The molecule has 26 heavy (non-hydrogen) atoms. The molecule has 6 nitrogen and oxygen atoms in total. The molecule has 0 aliphatic rings. The number of nitrogens with zero attached hydrogens (tertiary/aromatic N) is 1. The van der Waals surface area contributed by atoms with Gasteiger partial charge in [-0.3, -0.25) is 10.2 Å². The van der Waals surface area contributed by atoms with Gasteiger partial charge >= 0.3 is 0 Å². The van der Waals surface area contributed by atoms with Crippen LogP contribution in [0.4, 0.5) is 10.1 Å². The number of rotatable bonds is 7. The Morgan fingerprint density at radius 1 is 1.23 bits per heavy atom. The van der Waals surface area contributed by atoms with Gasteiger partial charge in [0.2, 0.25) is 0 Å². The number of para-hydroxylation sites is 1. The molecule has 0 atom stereocenters. The van der Waals surface area contributed by atoms with Crippen molar-refractivity contribution in [3.8, 4) is 5.75 Å². The number of anilines is 1. The number of carbonyl (C=O) groups is 1. The average molecular weight is 374 g/mol. The van der Waals surface area contributed by atoms with E-state index >= 15 is 0 Å². The maximum atomic E-state index is 12.9. The first-order valence-electron chi connectivity index (χ1n) is 7.92. The number of nitrogens with one attached hydrogen (secondary N) is 3. The second-order valence-electron chi connectivity index (χ2n) is 5.11.